The topological polar surface area (TPSA) is 82.7 Å². The van der Waals surface area contributed by atoms with Crippen LogP contribution in [0.5, 0.6) is 11.5 Å². The smallest absolute Gasteiger partial charge is 0.387 e. The van der Waals surface area contributed by atoms with Crippen molar-refractivity contribution in [3.05, 3.63) is 72.4 Å². The highest BCUT2D eigenvalue weighted by molar-refractivity contribution is 6.04. The molecule has 1 N–H and O–H groups in total. The number of aromatic nitrogens is 4. The summed E-state index contributed by atoms with van der Waals surface area (Å²) in [7, 11) is 1.30. The zero-order valence-corrected chi connectivity index (χ0v) is 15.8. The van der Waals surface area contributed by atoms with Gasteiger partial charge in [0.1, 0.15) is 5.65 Å². The number of anilines is 1. The van der Waals surface area contributed by atoms with E-state index in [1.54, 1.807) is 10.9 Å². The van der Waals surface area contributed by atoms with Crippen molar-refractivity contribution in [1.29, 1.82) is 0 Å². The molecule has 154 valence electrons. The first kappa shape index (κ1) is 19.4. The summed E-state index contributed by atoms with van der Waals surface area (Å²) in [6, 6.07) is 9.69. The molecule has 3 heterocycles. The van der Waals surface area contributed by atoms with Crippen LogP contribution in [0.1, 0.15) is 16.1 Å². The Morgan fingerprint density at radius 3 is 2.83 bits per heavy atom. The van der Waals surface area contributed by atoms with E-state index in [0.29, 0.717) is 12.2 Å². The number of imidazole rings is 1. The first-order valence-electron chi connectivity index (χ1n) is 8.91. The van der Waals surface area contributed by atoms with Gasteiger partial charge in [-0.05, 0) is 30.3 Å². The van der Waals surface area contributed by atoms with Gasteiger partial charge in [0, 0.05) is 24.2 Å². The number of carbonyl (C=O) groups is 1. The van der Waals surface area contributed by atoms with E-state index in [9.17, 15) is 13.6 Å². The minimum absolute atomic E-state index is 0.0329. The molecule has 4 aromatic rings. The molecule has 30 heavy (non-hydrogen) atoms. The summed E-state index contributed by atoms with van der Waals surface area (Å²) in [6.07, 6.45) is 7.00. The summed E-state index contributed by atoms with van der Waals surface area (Å²) >= 11 is 0. The molecule has 3 aromatic heterocycles. The predicted octanol–water partition coefficient (Wildman–Crippen LogP) is 3.44. The van der Waals surface area contributed by atoms with Crippen molar-refractivity contribution in [1.82, 2.24) is 19.2 Å². The number of fused-ring (bicyclic) bond motifs is 1. The molecule has 1 amide bonds. The molecule has 0 saturated carbocycles. The van der Waals surface area contributed by atoms with E-state index in [0.717, 1.165) is 11.3 Å². The van der Waals surface area contributed by atoms with Gasteiger partial charge in [0.2, 0.25) is 0 Å². The number of alkyl halides is 2. The van der Waals surface area contributed by atoms with Crippen molar-refractivity contribution in [3.63, 3.8) is 0 Å². The van der Waals surface area contributed by atoms with Crippen molar-refractivity contribution in [2.75, 3.05) is 12.4 Å². The summed E-state index contributed by atoms with van der Waals surface area (Å²) in [5.74, 6) is -0.556. The zero-order valence-electron chi connectivity index (χ0n) is 15.8. The molecular formula is C20H17F2N5O3. The summed E-state index contributed by atoms with van der Waals surface area (Å²) in [5, 5.41) is 6.94. The van der Waals surface area contributed by atoms with Crippen LogP contribution in [0, 0.1) is 0 Å². The number of rotatable bonds is 7. The number of methoxy groups -OCH3 is 1. The summed E-state index contributed by atoms with van der Waals surface area (Å²) in [5.41, 5.74) is 2.36. The second-order valence-electron chi connectivity index (χ2n) is 6.32. The lowest BCUT2D eigenvalue weighted by Crippen LogP contribution is -2.12. The molecule has 0 aliphatic carbocycles. The van der Waals surface area contributed by atoms with Gasteiger partial charge in [-0.1, -0.05) is 6.07 Å². The SMILES string of the molecule is COc1cc(C(=O)Nc2cnn(Cc3cn4ccccc4n3)c2)ccc1OC(F)F. The minimum Gasteiger partial charge on any atom is -0.493 e. The van der Waals surface area contributed by atoms with E-state index in [-0.39, 0.29) is 17.1 Å². The quantitative estimate of drug-likeness (QED) is 0.502. The molecule has 0 aliphatic heterocycles. The van der Waals surface area contributed by atoms with E-state index in [1.807, 2.05) is 35.0 Å². The van der Waals surface area contributed by atoms with Crippen LogP contribution in [-0.4, -0.2) is 38.8 Å². The van der Waals surface area contributed by atoms with Gasteiger partial charge in [0.05, 0.1) is 31.2 Å². The van der Waals surface area contributed by atoms with E-state index in [4.69, 9.17) is 4.74 Å². The van der Waals surface area contributed by atoms with Crippen LogP contribution in [0.2, 0.25) is 0 Å². The lowest BCUT2D eigenvalue weighted by molar-refractivity contribution is -0.0512. The highest BCUT2D eigenvalue weighted by atomic mass is 19.3. The maximum Gasteiger partial charge on any atom is 0.387 e. The van der Waals surface area contributed by atoms with E-state index < -0.39 is 12.5 Å². The summed E-state index contributed by atoms with van der Waals surface area (Å²) in [4.78, 5) is 17.0. The fourth-order valence-corrected chi connectivity index (χ4v) is 2.95. The molecule has 0 fully saturated rings. The van der Waals surface area contributed by atoms with Crippen molar-refractivity contribution in [2.45, 2.75) is 13.2 Å². The third-order valence-corrected chi connectivity index (χ3v) is 4.27. The van der Waals surface area contributed by atoms with Crippen LogP contribution in [0.15, 0.2) is 61.2 Å². The molecule has 1 aromatic carbocycles. The number of hydrogen-bond acceptors (Lipinski definition) is 5. The summed E-state index contributed by atoms with van der Waals surface area (Å²) < 4.78 is 37.8. The molecule has 0 atom stereocenters. The van der Waals surface area contributed by atoms with Gasteiger partial charge in [-0.2, -0.15) is 13.9 Å². The Labute approximate surface area is 169 Å². The largest absolute Gasteiger partial charge is 0.493 e. The molecular weight excluding hydrogens is 396 g/mol. The number of nitrogens with one attached hydrogen (secondary N) is 1. The number of amides is 1. The van der Waals surface area contributed by atoms with Crippen LogP contribution < -0.4 is 14.8 Å². The lowest BCUT2D eigenvalue weighted by atomic mass is 10.2. The molecule has 0 unspecified atom stereocenters. The highest BCUT2D eigenvalue weighted by Gasteiger charge is 2.15. The standard InChI is InChI=1S/C20H17F2N5O3/c1-29-17-8-13(5-6-16(17)30-20(21)22)19(28)25-14-9-23-27(11-14)12-15-10-26-7-3-2-4-18(26)24-15/h2-11,20H,12H2,1H3,(H,25,28). The number of hydrogen-bond donors (Lipinski definition) is 1. The van der Waals surface area contributed by atoms with Crippen molar-refractivity contribution in [2.24, 2.45) is 0 Å². The predicted molar refractivity (Wildman–Crippen MR) is 104 cm³/mol. The van der Waals surface area contributed by atoms with Crippen LogP contribution in [0.4, 0.5) is 14.5 Å². The fourth-order valence-electron chi connectivity index (χ4n) is 2.95. The van der Waals surface area contributed by atoms with Crippen molar-refractivity contribution >= 4 is 17.2 Å². The molecule has 0 aliphatic rings. The fraction of sp³-hybridized carbons (Fsp3) is 0.150. The Hall–Kier alpha value is -3.95. The average molecular weight is 413 g/mol. The molecule has 0 spiro atoms. The van der Waals surface area contributed by atoms with Crippen LogP contribution >= 0.6 is 0 Å². The van der Waals surface area contributed by atoms with Gasteiger partial charge in [-0.25, -0.2) is 4.98 Å². The number of halogens is 2. The van der Waals surface area contributed by atoms with Gasteiger partial charge < -0.3 is 19.2 Å². The van der Waals surface area contributed by atoms with Gasteiger partial charge in [0.25, 0.3) is 5.91 Å². The number of pyridine rings is 1. The van der Waals surface area contributed by atoms with Crippen molar-refractivity contribution in [3.8, 4) is 11.5 Å². The number of carbonyl (C=O) groups excluding carboxylic acids is 1. The molecule has 0 saturated heterocycles. The first-order chi connectivity index (χ1) is 14.5. The maximum atomic E-state index is 12.5. The second kappa shape index (κ2) is 8.19. The highest BCUT2D eigenvalue weighted by Crippen LogP contribution is 2.29. The molecule has 0 bridgehead atoms. The normalized spacial score (nSPS) is 11.1. The Kier molecular flexibility index (Phi) is 5.29. The van der Waals surface area contributed by atoms with Crippen LogP contribution in [0.25, 0.3) is 5.65 Å². The van der Waals surface area contributed by atoms with Crippen LogP contribution in [-0.2, 0) is 6.54 Å². The molecule has 0 radical (unpaired) electrons. The number of benzene rings is 1. The summed E-state index contributed by atoms with van der Waals surface area (Å²) in [6.45, 7) is -2.55. The number of nitrogens with zero attached hydrogens (tertiary/aromatic N) is 4. The Balaban J connectivity index is 1.44. The zero-order chi connectivity index (χ0) is 21.1. The second-order valence-corrected chi connectivity index (χ2v) is 6.32. The minimum atomic E-state index is -2.99. The Morgan fingerprint density at radius 1 is 1.20 bits per heavy atom. The van der Waals surface area contributed by atoms with E-state index in [2.05, 4.69) is 20.1 Å². The lowest BCUT2D eigenvalue weighted by Gasteiger charge is -2.11. The van der Waals surface area contributed by atoms with E-state index >= 15 is 0 Å². The molecule has 8 nitrogen and oxygen atoms in total. The van der Waals surface area contributed by atoms with Gasteiger partial charge in [0.15, 0.2) is 11.5 Å². The average Bonchev–Trinajstić information content (AvgIpc) is 3.34. The third-order valence-electron chi connectivity index (χ3n) is 4.27. The molecule has 10 heteroatoms. The number of ether oxygens (including phenoxy) is 2. The van der Waals surface area contributed by atoms with Crippen LogP contribution in [0.3, 0.4) is 0 Å². The van der Waals surface area contributed by atoms with Gasteiger partial charge in [-0.3, -0.25) is 9.48 Å². The first-order valence-corrected chi connectivity index (χ1v) is 8.91. The van der Waals surface area contributed by atoms with Gasteiger partial charge in [-0.15, -0.1) is 0 Å². The van der Waals surface area contributed by atoms with Gasteiger partial charge >= 0.3 is 6.61 Å². The molecule has 4 rings (SSSR count). The monoisotopic (exact) mass is 413 g/mol. The van der Waals surface area contributed by atoms with E-state index in [1.165, 1.54) is 31.5 Å². The maximum absolute atomic E-state index is 12.5. The van der Waals surface area contributed by atoms with Crippen molar-refractivity contribution < 1.29 is 23.0 Å². The Bertz CT molecular complexity index is 1160. The Morgan fingerprint density at radius 2 is 2.07 bits per heavy atom. The third kappa shape index (κ3) is 4.22.